The van der Waals surface area contributed by atoms with Gasteiger partial charge in [0.25, 0.3) is 0 Å². The molecule has 0 fully saturated rings. The van der Waals surface area contributed by atoms with Gasteiger partial charge in [-0.3, -0.25) is 9.59 Å². The van der Waals surface area contributed by atoms with Crippen molar-refractivity contribution in [1.82, 2.24) is 0 Å². The van der Waals surface area contributed by atoms with Crippen molar-refractivity contribution in [2.45, 2.75) is 19.4 Å². The molecule has 3 nitrogen and oxygen atoms in total. The summed E-state index contributed by atoms with van der Waals surface area (Å²) in [5, 5.41) is 0. The van der Waals surface area contributed by atoms with Crippen molar-refractivity contribution in [2.75, 3.05) is 0 Å². The average Bonchev–Trinajstić information content (AvgIpc) is 2.49. The molecule has 0 aliphatic rings. The van der Waals surface area contributed by atoms with E-state index in [-0.39, 0.29) is 18.0 Å². The molecule has 2 rings (SSSR count). The Morgan fingerprint density at radius 1 is 0.950 bits per heavy atom. The predicted molar refractivity (Wildman–Crippen MR) is 76.9 cm³/mol. The zero-order chi connectivity index (χ0) is 14.4. The molecule has 0 aliphatic carbocycles. The van der Waals surface area contributed by atoms with Crippen molar-refractivity contribution in [2.24, 2.45) is 0 Å². The van der Waals surface area contributed by atoms with Crippen LogP contribution in [0.25, 0.3) is 0 Å². The molecule has 102 valence electrons. The van der Waals surface area contributed by atoms with Crippen LogP contribution in [0.2, 0.25) is 0 Å². The van der Waals surface area contributed by atoms with Crippen LogP contribution in [-0.4, -0.2) is 17.7 Å². The first-order valence-corrected chi connectivity index (χ1v) is 6.49. The molecule has 0 heterocycles. The second-order valence-corrected chi connectivity index (χ2v) is 4.51. The number of hydrogen-bond donors (Lipinski definition) is 0. The third-order valence-electron chi connectivity index (χ3n) is 2.94. The fraction of sp³-hybridized carbons (Fsp3) is 0.176. The van der Waals surface area contributed by atoms with Gasteiger partial charge in [0.2, 0.25) is 0 Å². The third kappa shape index (κ3) is 3.79. The number of para-hydroxylation sites is 1. The SMILES string of the molecule is CC(Oc1ccccc1)C(=O)CC(=O)c1ccccc1. The summed E-state index contributed by atoms with van der Waals surface area (Å²) in [6.45, 7) is 1.66. The minimum atomic E-state index is -0.634. The van der Waals surface area contributed by atoms with Crippen LogP contribution < -0.4 is 4.74 Å². The summed E-state index contributed by atoms with van der Waals surface area (Å²) in [6.07, 6.45) is -0.775. The molecule has 0 spiro atoms. The first kappa shape index (κ1) is 14.0. The van der Waals surface area contributed by atoms with Crippen LogP contribution in [0.4, 0.5) is 0 Å². The normalized spacial score (nSPS) is 11.7. The van der Waals surface area contributed by atoms with Gasteiger partial charge in [-0.05, 0) is 19.1 Å². The van der Waals surface area contributed by atoms with Crippen LogP contribution in [0, 0.1) is 0 Å². The van der Waals surface area contributed by atoms with E-state index in [9.17, 15) is 9.59 Å². The first-order chi connectivity index (χ1) is 9.66. The number of Topliss-reactive ketones (excluding diaryl/α,β-unsaturated/α-hetero) is 2. The maximum absolute atomic E-state index is 12.0. The Morgan fingerprint density at radius 2 is 1.50 bits per heavy atom. The Labute approximate surface area is 118 Å². The number of ether oxygens (including phenoxy) is 1. The lowest BCUT2D eigenvalue weighted by molar-refractivity contribution is -0.124. The lowest BCUT2D eigenvalue weighted by Gasteiger charge is -2.13. The summed E-state index contributed by atoms with van der Waals surface area (Å²) in [5.41, 5.74) is 0.549. The average molecular weight is 268 g/mol. The zero-order valence-electron chi connectivity index (χ0n) is 11.3. The Hall–Kier alpha value is -2.42. The molecule has 0 aromatic heterocycles. The van der Waals surface area contributed by atoms with Crippen molar-refractivity contribution in [3.8, 4) is 5.75 Å². The molecule has 1 atom stereocenters. The summed E-state index contributed by atoms with van der Waals surface area (Å²) in [5.74, 6) is 0.224. The molecule has 20 heavy (non-hydrogen) atoms. The fourth-order valence-corrected chi connectivity index (χ4v) is 1.80. The van der Waals surface area contributed by atoms with Gasteiger partial charge < -0.3 is 4.74 Å². The van der Waals surface area contributed by atoms with E-state index in [2.05, 4.69) is 0 Å². The van der Waals surface area contributed by atoms with Crippen molar-refractivity contribution in [3.63, 3.8) is 0 Å². The number of benzene rings is 2. The maximum atomic E-state index is 12.0. The van der Waals surface area contributed by atoms with Crippen molar-refractivity contribution >= 4 is 11.6 Å². The van der Waals surface area contributed by atoms with Crippen LogP contribution in [0.15, 0.2) is 60.7 Å². The van der Waals surface area contributed by atoms with Crippen LogP contribution in [0.1, 0.15) is 23.7 Å². The Bertz CT molecular complexity index is 576. The lowest BCUT2D eigenvalue weighted by Crippen LogP contribution is -2.26. The minimum Gasteiger partial charge on any atom is -0.483 e. The van der Waals surface area contributed by atoms with E-state index in [4.69, 9.17) is 4.74 Å². The standard InChI is InChI=1S/C17H16O3/c1-13(20-15-10-6-3-7-11-15)16(18)12-17(19)14-8-4-2-5-9-14/h2-11,13H,12H2,1H3. The van der Waals surface area contributed by atoms with Gasteiger partial charge in [0.05, 0.1) is 6.42 Å². The maximum Gasteiger partial charge on any atom is 0.180 e. The second-order valence-electron chi connectivity index (χ2n) is 4.51. The van der Waals surface area contributed by atoms with E-state index in [1.807, 2.05) is 24.3 Å². The number of carbonyl (C=O) groups is 2. The zero-order valence-corrected chi connectivity index (χ0v) is 11.3. The fourth-order valence-electron chi connectivity index (χ4n) is 1.80. The van der Waals surface area contributed by atoms with Gasteiger partial charge in [0.1, 0.15) is 5.75 Å². The van der Waals surface area contributed by atoms with Gasteiger partial charge >= 0.3 is 0 Å². The molecule has 0 N–H and O–H groups in total. The Kier molecular flexibility index (Phi) is 4.66. The topological polar surface area (TPSA) is 43.4 Å². The minimum absolute atomic E-state index is 0.141. The summed E-state index contributed by atoms with van der Waals surface area (Å²) >= 11 is 0. The van der Waals surface area contributed by atoms with E-state index in [1.54, 1.807) is 43.3 Å². The van der Waals surface area contributed by atoms with E-state index in [0.29, 0.717) is 11.3 Å². The number of hydrogen-bond acceptors (Lipinski definition) is 3. The molecule has 0 radical (unpaired) electrons. The predicted octanol–water partition coefficient (Wildman–Crippen LogP) is 3.30. The molecule has 0 saturated carbocycles. The Balaban J connectivity index is 1.93. The molecule has 2 aromatic rings. The van der Waals surface area contributed by atoms with E-state index >= 15 is 0 Å². The highest BCUT2D eigenvalue weighted by Gasteiger charge is 2.19. The molecule has 1 unspecified atom stereocenters. The van der Waals surface area contributed by atoms with Crippen molar-refractivity contribution in [3.05, 3.63) is 66.2 Å². The number of carbonyl (C=O) groups excluding carboxylic acids is 2. The first-order valence-electron chi connectivity index (χ1n) is 6.49. The summed E-state index contributed by atoms with van der Waals surface area (Å²) in [4.78, 5) is 23.9. The highest BCUT2D eigenvalue weighted by molar-refractivity contribution is 6.09. The van der Waals surface area contributed by atoms with E-state index in [1.165, 1.54) is 0 Å². The van der Waals surface area contributed by atoms with E-state index < -0.39 is 6.10 Å². The highest BCUT2D eigenvalue weighted by Crippen LogP contribution is 2.13. The Morgan fingerprint density at radius 3 is 2.10 bits per heavy atom. The molecule has 2 aromatic carbocycles. The lowest BCUT2D eigenvalue weighted by atomic mass is 10.0. The van der Waals surface area contributed by atoms with Gasteiger partial charge in [-0.25, -0.2) is 0 Å². The smallest absolute Gasteiger partial charge is 0.180 e. The van der Waals surface area contributed by atoms with E-state index in [0.717, 1.165) is 0 Å². The summed E-state index contributed by atoms with van der Waals surface area (Å²) < 4.78 is 5.51. The molecular formula is C17H16O3. The van der Waals surface area contributed by atoms with Crippen LogP contribution >= 0.6 is 0 Å². The van der Waals surface area contributed by atoms with Crippen molar-refractivity contribution in [1.29, 1.82) is 0 Å². The van der Waals surface area contributed by atoms with Gasteiger partial charge in [-0.15, -0.1) is 0 Å². The van der Waals surface area contributed by atoms with Crippen LogP contribution in [-0.2, 0) is 4.79 Å². The summed E-state index contributed by atoms with van der Waals surface area (Å²) in [6, 6.07) is 17.9. The number of ketones is 2. The largest absolute Gasteiger partial charge is 0.483 e. The van der Waals surface area contributed by atoms with Crippen LogP contribution in [0.3, 0.4) is 0 Å². The second kappa shape index (κ2) is 6.66. The molecule has 0 amide bonds. The highest BCUT2D eigenvalue weighted by atomic mass is 16.5. The molecule has 0 saturated heterocycles. The molecule has 0 aliphatic heterocycles. The summed E-state index contributed by atoms with van der Waals surface area (Å²) in [7, 11) is 0. The van der Waals surface area contributed by atoms with Gasteiger partial charge in [0.15, 0.2) is 17.7 Å². The monoisotopic (exact) mass is 268 g/mol. The third-order valence-corrected chi connectivity index (χ3v) is 2.94. The molecular weight excluding hydrogens is 252 g/mol. The molecule has 0 bridgehead atoms. The van der Waals surface area contributed by atoms with Crippen LogP contribution in [0.5, 0.6) is 5.75 Å². The van der Waals surface area contributed by atoms with Crippen molar-refractivity contribution < 1.29 is 14.3 Å². The quantitative estimate of drug-likeness (QED) is 0.596. The van der Waals surface area contributed by atoms with Gasteiger partial charge in [-0.2, -0.15) is 0 Å². The number of rotatable bonds is 6. The molecule has 3 heteroatoms. The van der Waals surface area contributed by atoms with Gasteiger partial charge in [-0.1, -0.05) is 48.5 Å². The van der Waals surface area contributed by atoms with Gasteiger partial charge in [0, 0.05) is 5.56 Å².